The first kappa shape index (κ1) is 23.8. The van der Waals surface area contributed by atoms with Crippen molar-refractivity contribution in [2.75, 3.05) is 36.9 Å². The number of hydrogen-bond donors (Lipinski definition) is 2. The van der Waals surface area contributed by atoms with Crippen LogP contribution >= 0.6 is 22.7 Å². The fourth-order valence-corrected chi connectivity index (χ4v) is 4.64. The van der Waals surface area contributed by atoms with Crippen molar-refractivity contribution >= 4 is 34.4 Å². The molecule has 176 valence electrons. The molecule has 0 bridgehead atoms. The van der Waals surface area contributed by atoms with Crippen LogP contribution in [0.25, 0.3) is 0 Å². The maximum absolute atomic E-state index is 11.8. The summed E-state index contributed by atoms with van der Waals surface area (Å²) < 4.78 is 25.8. The molecule has 0 saturated carbocycles. The Bertz CT molecular complexity index is 1010. The number of benzene rings is 2. The molecule has 3 aromatic rings. The van der Waals surface area contributed by atoms with E-state index in [0.29, 0.717) is 36.4 Å². The summed E-state index contributed by atoms with van der Waals surface area (Å²) in [5, 5.41) is 7.10. The van der Waals surface area contributed by atoms with Crippen LogP contribution in [0.2, 0.25) is 5.02 Å². The molecule has 2 N–H and O–H groups in total. The van der Waals surface area contributed by atoms with E-state index < -0.39 is 11.1 Å². The first-order chi connectivity index (χ1) is 16.2. The summed E-state index contributed by atoms with van der Waals surface area (Å²) in [6, 6.07) is 15.9. The Hall–Kier alpha value is -2.39. The van der Waals surface area contributed by atoms with Gasteiger partial charge >= 0.3 is 0 Å². The van der Waals surface area contributed by atoms with E-state index in [2.05, 4.69) is 42.5 Å². The fraction of sp³-hybridized carbons (Fsp3) is 0.417. The highest BCUT2D eigenvalue weighted by Gasteiger charge is 2.15. The van der Waals surface area contributed by atoms with Crippen LogP contribution in [-0.4, -0.2) is 44.4 Å². The summed E-state index contributed by atoms with van der Waals surface area (Å²) in [6.07, 6.45) is 4.73. The van der Waals surface area contributed by atoms with Gasteiger partial charge in [-0.05, 0) is 67.7 Å². The number of nitrogens with zero attached hydrogens (tertiary/aromatic N) is 3. The Morgan fingerprint density at radius 2 is 1.73 bits per heavy atom. The van der Waals surface area contributed by atoms with Gasteiger partial charge in [0.25, 0.3) is 0 Å². The number of likely N-dealkylation sites (tertiary alicyclic amines) is 1. The van der Waals surface area contributed by atoms with Crippen LogP contribution in [0.15, 0.2) is 48.5 Å². The molecule has 1 unspecified atom stereocenters. The van der Waals surface area contributed by atoms with Crippen LogP contribution in [-0.2, 0) is 13.1 Å². The molecule has 0 amide bonds. The van der Waals surface area contributed by atoms with Crippen LogP contribution in [0, 0.1) is 0 Å². The Labute approximate surface area is 203 Å². The second-order valence-electron chi connectivity index (χ2n) is 8.20. The lowest BCUT2D eigenvalue weighted by atomic mass is 10.1. The first-order valence-corrected chi connectivity index (χ1v) is 12.9. The van der Waals surface area contributed by atoms with Gasteiger partial charge in [0.15, 0.2) is 11.1 Å². The second kappa shape index (κ2) is 12.2. The lowest BCUT2D eigenvalue weighted by molar-refractivity contribution is 0.220. The van der Waals surface area contributed by atoms with Gasteiger partial charge < -0.3 is 19.9 Å². The molecule has 0 radical (unpaired) electrons. The molecule has 1 aromatic heterocycles. The van der Waals surface area contributed by atoms with Crippen molar-refractivity contribution in [2.45, 2.75) is 38.8 Å². The molecule has 0 spiro atoms. The maximum Gasteiger partial charge on any atom is 0.233 e. The molecule has 1 saturated heterocycles. The van der Waals surface area contributed by atoms with Gasteiger partial charge in [-0.15, -0.1) is 0 Å². The van der Waals surface area contributed by atoms with Crippen molar-refractivity contribution in [2.24, 2.45) is 0 Å². The molecule has 2 aromatic carbocycles. The molecule has 1 fully saturated rings. The van der Waals surface area contributed by atoms with Crippen molar-refractivity contribution in [1.82, 2.24) is 13.6 Å². The van der Waals surface area contributed by atoms with Crippen LogP contribution in [0.4, 0.5) is 11.6 Å². The molecule has 33 heavy (non-hydrogen) atoms. The topological polar surface area (TPSA) is 85.4 Å². The predicted octanol–water partition coefficient (Wildman–Crippen LogP) is 5.34. The monoisotopic (exact) mass is 487 g/mol. The Morgan fingerprint density at radius 3 is 2.52 bits per heavy atom. The zero-order chi connectivity index (χ0) is 22.9. The van der Waals surface area contributed by atoms with Crippen molar-refractivity contribution in [3.05, 3.63) is 64.7 Å². The third-order valence-electron chi connectivity index (χ3n) is 5.57. The molecule has 2 heterocycles. The van der Waals surface area contributed by atoms with E-state index in [1.807, 2.05) is 30.3 Å². The van der Waals surface area contributed by atoms with Crippen molar-refractivity contribution < 1.29 is 9.29 Å². The SMILES string of the molecule is [O-][s+]1nc(NCCCOc2cccc(CN3CCCCC3)c2)c(NCc2ccc(Cl)cc2)n1. The fourth-order valence-electron chi connectivity index (χ4n) is 3.86. The largest absolute Gasteiger partial charge is 0.546 e. The van der Waals surface area contributed by atoms with Gasteiger partial charge in [-0.2, -0.15) is 0 Å². The van der Waals surface area contributed by atoms with Crippen LogP contribution < -0.4 is 15.4 Å². The molecule has 0 aliphatic carbocycles. The second-order valence-corrected chi connectivity index (χ2v) is 9.47. The number of piperidine rings is 1. The van der Waals surface area contributed by atoms with Gasteiger partial charge in [0.05, 0.1) is 6.61 Å². The normalized spacial score (nSPS) is 14.8. The molecular weight excluding hydrogens is 458 g/mol. The van der Waals surface area contributed by atoms with E-state index in [0.717, 1.165) is 24.3 Å². The van der Waals surface area contributed by atoms with Crippen molar-refractivity contribution in [1.29, 1.82) is 0 Å². The number of hydrogen-bond acceptors (Lipinski definition) is 7. The third-order valence-corrected chi connectivity index (χ3v) is 6.50. The summed E-state index contributed by atoms with van der Waals surface area (Å²) in [6.45, 7) is 5.13. The van der Waals surface area contributed by atoms with Gasteiger partial charge in [-0.3, -0.25) is 4.90 Å². The smallest absolute Gasteiger partial charge is 0.233 e. The molecule has 1 aliphatic rings. The highest BCUT2D eigenvalue weighted by atomic mass is 35.5. The minimum absolute atomic E-state index is 0.509. The molecular formula is C24H30ClN5O2S. The van der Waals surface area contributed by atoms with E-state index in [1.54, 1.807) is 0 Å². The highest BCUT2D eigenvalue weighted by Crippen LogP contribution is 2.23. The number of ether oxygens (including phenoxy) is 1. The molecule has 1 aliphatic heterocycles. The van der Waals surface area contributed by atoms with Crippen LogP contribution in [0.1, 0.15) is 36.8 Å². The van der Waals surface area contributed by atoms with Gasteiger partial charge in [-0.1, -0.05) is 42.3 Å². The van der Waals surface area contributed by atoms with E-state index in [-0.39, 0.29) is 0 Å². The number of anilines is 2. The average molecular weight is 488 g/mol. The van der Waals surface area contributed by atoms with Crippen LogP contribution in [0.5, 0.6) is 5.75 Å². The minimum Gasteiger partial charge on any atom is -0.546 e. The predicted molar refractivity (Wildman–Crippen MR) is 134 cm³/mol. The van der Waals surface area contributed by atoms with Gasteiger partial charge in [0.2, 0.25) is 11.6 Å². The molecule has 9 heteroatoms. The Kier molecular flexibility index (Phi) is 8.77. The molecule has 4 rings (SSSR count). The zero-order valence-corrected chi connectivity index (χ0v) is 20.2. The number of nitrogens with one attached hydrogen (secondary N) is 2. The summed E-state index contributed by atoms with van der Waals surface area (Å²) in [5.41, 5.74) is 2.35. The molecule has 1 atom stereocenters. The maximum atomic E-state index is 11.8. The third kappa shape index (κ3) is 7.57. The number of halogens is 1. The van der Waals surface area contributed by atoms with Crippen LogP contribution in [0.3, 0.4) is 0 Å². The first-order valence-electron chi connectivity index (χ1n) is 11.4. The standard InChI is InChI=1S/C24H30ClN5O2S/c25-21-10-8-19(9-11-21)17-27-24-23(28-33(31)29-24)26-12-5-15-32-22-7-4-6-20(16-22)18-30-13-2-1-3-14-30/h4,6-11,16H,1-3,5,12-15,17-18H2,(H,26,28)(H,27,29). The van der Waals surface area contributed by atoms with Gasteiger partial charge in [-0.25, -0.2) is 0 Å². The lowest BCUT2D eigenvalue weighted by Gasteiger charge is -2.26. The Balaban J connectivity index is 1.19. The summed E-state index contributed by atoms with van der Waals surface area (Å²) >= 11 is 4.33. The summed E-state index contributed by atoms with van der Waals surface area (Å²) in [7, 11) is 0. The minimum atomic E-state index is -1.59. The van der Waals surface area contributed by atoms with E-state index in [1.165, 1.54) is 37.9 Å². The molecule has 7 nitrogen and oxygen atoms in total. The average Bonchev–Trinajstić information content (AvgIpc) is 3.18. The number of aromatic nitrogens is 2. The lowest BCUT2D eigenvalue weighted by Crippen LogP contribution is -2.29. The van der Waals surface area contributed by atoms with Gasteiger partial charge in [0, 0.05) is 33.4 Å². The summed E-state index contributed by atoms with van der Waals surface area (Å²) in [4.78, 5) is 2.51. The highest BCUT2D eigenvalue weighted by molar-refractivity contribution is 7.14. The number of rotatable bonds is 11. The summed E-state index contributed by atoms with van der Waals surface area (Å²) in [5.74, 6) is 1.93. The van der Waals surface area contributed by atoms with Crippen molar-refractivity contribution in [3.63, 3.8) is 0 Å². The van der Waals surface area contributed by atoms with Crippen molar-refractivity contribution in [3.8, 4) is 5.75 Å². The van der Waals surface area contributed by atoms with E-state index in [9.17, 15) is 4.55 Å². The zero-order valence-electron chi connectivity index (χ0n) is 18.6. The quantitative estimate of drug-likeness (QED) is 0.279. The van der Waals surface area contributed by atoms with E-state index >= 15 is 0 Å². The Morgan fingerprint density at radius 1 is 0.970 bits per heavy atom. The van der Waals surface area contributed by atoms with Gasteiger partial charge in [0.1, 0.15) is 5.75 Å². The van der Waals surface area contributed by atoms with E-state index in [4.69, 9.17) is 16.3 Å².